The van der Waals surface area contributed by atoms with Crippen LogP contribution in [0.5, 0.6) is 0 Å². The molecule has 3 aliphatic rings. The van der Waals surface area contributed by atoms with Gasteiger partial charge in [0.2, 0.25) is 5.91 Å². The highest BCUT2D eigenvalue weighted by Crippen LogP contribution is 2.49. The van der Waals surface area contributed by atoms with Crippen LogP contribution < -0.4 is 5.32 Å². The molecule has 1 saturated heterocycles. The van der Waals surface area contributed by atoms with E-state index < -0.39 is 157 Å². The molecule has 1 heterocycles. The van der Waals surface area contributed by atoms with Crippen molar-refractivity contribution in [3.05, 3.63) is 0 Å². The second-order valence-corrected chi connectivity index (χ2v) is 25.6. The van der Waals surface area contributed by atoms with Crippen molar-refractivity contribution < 1.29 is 123 Å². The van der Waals surface area contributed by atoms with Crippen LogP contribution in [-0.2, 0) is 41.5 Å². The second-order valence-electron chi connectivity index (χ2n) is 22.8. The van der Waals surface area contributed by atoms with Gasteiger partial charge in [-0.25, -0.2) is 9.13 Å². The maximum Gasteiger partial charge on any atom is 0.472 e. The van der Waals surface area contributed by atoms with Crippen LogP contribution in [0.4, 0.5) is 0 Å². The van der Waals surface area contributed by atoms with E-state index in [0.29, 0.717) is 12.8 Å². The first-order valence-electron chi connectivity index (χ1n) is 30.3. The molecule has 2 aliphatic carbocycles. The number of aliphatic hydroxyl groups excluding tert-OH is 14. The summed E-state index contributed by atoms with van der Waals surface area (Å²) in [4.78, 5) is 34.8. The molecule has 0 radical (unpaired) electrons. The number of unbranched alkanes of at least 4 members (excludes halogenated alkanes) is 25. The van der Waals surface area contributed by atoms with Gasteiger partial charge in [0.05, 0.1) is 25.4 Å². The van der Waals surface area contributed by atoms with Gasteiger partial charge in [-0.1, -0.05) is 181 Å². The summed E-state index contributed by atoms with van der Waals surface area (Å²) in [5, 5.41) is 151. The highest BCUT2D eigenvalue weighted by Gasteiger charge is 2.56. The Morgan fingerprint density at radius 1 is 0.451 bits per heavy atom. The molecule has 1 aliphatic heterocycles. The lowest BCUT2D eigenvalue weighted by Crippen LogP contribution is -2.67. The van der Waals surface area contributed by atoms with Crippen LogP contribution in [0, 0.1) is 0 Å². The Hall–Kier alpha value is -0.950. The van der Waals surface area contributed by atoms with E-state index >= 15 is 0 Å². The predicted molar refractivity (Wildman–Crippen MR) is 296 cm³/mol. The van der Waals surface area contributed by atoms with E-state index in [9.17, 15) is 95.2 Å². The zero-order valence-electron chi connectivity index (χ0n) is 48.2. The molecule has 0 aromatic rings. The number of amides is 1. The van der Waals surface area contributed by atoms with Crippen molar-refractivity contribution in [1.29, 1.82) is 0 Å². The molecule has 0 aromatic carbocycles. The number of carbonyl (C=O) groups is 1. The minimum absolute atomic E-state index is 0.0202. The van der Waals surface area contributed by atoms with E-state index in [2.05, 4.69) is 19.2 Å². The molecule has 3 fully saturated rings. The molecule has 17 N–H and O–H groups in total. The number of phosphoric ester groups is 2. The lowest BCUT2D eigenvalue weighted by Gasteiger charge is -2.47. The summed E-state index contributed by atoms with van der Waals surface area (Å²) in [7, 11) is -11.1. The van der Waals surface area contributed by atoms with Crippen LogP contribution in [-0.4, -0.2) is 223 Å². The normalized spacial score (nSPS) is 33.3. The van der Waals surface area contributed by atoms with Gasteiger partial charge in [-0.15, -0.1) is 0 Å². The predicted octanol–water partition coefficient (Wildman–Crippen LogP) is 2.02. The fourth-order valence-electron chi connectivity index (χ4n) is 10.6. The standard InChI is InChI=1S/C54H105NO25P2/c1-3-5-7-9-11-13-15-17-18-19-21-23-25-27-29-31-37(57)55-34(38(58)35(56)30-28-26-24-22-20-16-14-12-10-8-6-4-2)32-75-81(71,72)80-53-49(69)45(65)44(64)48(68)52(53)78-54-50(70)40(60)39(59)36(77-54)33-76-82(73,74)79-51-46(66)42(62)41(61)43(63)47(51)67/h34-36,38-54,56,58-70H,3-33H2,1-2H3,(H,55,57)(H,71,72)(H,73,74)/t34-,35+,36+,38-,39+,40?,41?,42+,43?,44?,45?,46?,47?,48+,49?,50?,51?,52?,53-,54+/m0/s1. The molecule has 0 bridgehead atoms. The lowest BCUT2D eigenvalue weighted by atomic mass is 9.84. The van der Waals surface area contributed by atoms with Crippen molar-refractivity contribution in [2.45, 2.75) is 322 Å². The van der Waals surface area contributed by atoms with Gasteiger partial charge in [0.15, 0.2) is 6.29 Å². The van der Waals surface area contributed by atoms with Gasteiger partial charge in [-0.05, 0) is 12.8 Å². The molecule has 2 saturated carbocycles. The lowest BCUT2D eigenvalue weighted by molar-refractivity contribution is -0.337. The number of ether oxygens (including phenoxy) is 2. The van der Waals surface area contributed by atoms with Crippen molar-refractivity contribution in [2.75, 3.05) is 13.2 Å². The van der Waals surface area contributed by atoms with Crippen molar-refractivity contribution >= 4 is 21.6 Å². The monoisotopic (exact) mass is 1230 g/mol. The third-order valence-electron chi connectivity index (χ3n) is 15.9. The van der Waals surface area contributed by atoms with Crippen LogP contribution >= 0.6 is 15.6 Å². The first kappa shape index (κ1) is 75.3. The van der Waals surface area contributed by atoms with Crippen molar-refractivity contribution in [3.63, 3.8) is 0 Å². The van der Waals surface area contributed by atoms with E-state index in [4.69, 9.17) is 27.6 Å². The molecule has 0 aromatic heterocycles. The van der Waals surface area contributed by atoms with Crippen LogP contribution in [0.3, 0.4) is 0 Å². The van der Waals surface area contributed by atoms with Gasteiger partial charge in [-0.2, -0.15) is 0 Å². The maximum atomic E-state index is 13.8. The van der Waals surface area contributed by atoms with E-state index in [1.54, 1.807) is 0 Å². The highest BCUT2D eigenvalue weighted by atomic mass is 31.2. The smallest absolute Gasteiger partial charge is 0.390 e. The van der Waals surface area contributed by atoms with E-state index in [1.807, 2.05) is 0 Å². The molecule has 28 heteroatoms. The molecule has 486 valence electrons. The molecule has 26 nitrogen and oxygen atoms in total. The summed E-state index contributed by atoms with van der Waals surface area (Å²) in [5.41, 5.74) is 0. The fourth-order valence-corrected chi connectivity index (χ4v) is 12.5. The van der Waals surface area contributed by atoms with Crippen molar-refractivity contribution in [1.82, 2.24) is 5.32 Å². The Bertz CT molecular complexity index is 1790. The van der Waals surface area contributed by atoms with Crippen LogP contribution in [0.2, 0.25) is 0 Å². The number of nitrogens with one attached hydrogen (secondary N) is 1. The minimum atomic E-state index is -5.60. The van der Waals surface area contributed by atoms with Crippen molar-refractivity contribution in [3.8, 4) is 0 Å². The fraction of sp³-hybridized carbons (Fsp3) is 0.981. The first-order chi connectivity index (χ1) is 38.9. The highest BCUT2D eigenvalue weighted by molar-refractivity contribution is 7.47. The molecule has 0 spiro atoms. The Labute approximate surface area is 483 Å². The molecular formula is C54H105NO25P2. The van der Waals surface area contributed by atoms with E-state index in [-0.39, 0.29) is 12.8 Å². The summed E-state index contributed by atoms with van der Waals surface area (Å²) < 4.78 is 57.7. The van der Waals surface area contributed by atoms with E-state index in [1.165, 1.54) is 96.3 Å². The van der Waals surface area contributed by atoms with Crippen molar-refractivity contribution in [2.24, 2.45) is 0 Å². The largest absolute Gasteiger partial charge is 0.472 e. The minimum Gasteiger partial charge on any atom is -0.390 e. The Morgan fingerprint density at radius 2 is 0.805 bits per heavy atom. The zero-order valence-corrected chi connectivity index (χ0v) is 50.0. The topological polar surface area (TPSA) is 442 Å². The van der Waals surface area contributed by atoms with Gasteiger partial charge < -0.3 is 96.1 Å². The summed E-state index contributed by atoms with van der Waals surface area (Å²) in [6, 6.07) is -1.51. The summed E-state index contributed by atoms with van der Waals surface area (Å²) >= 11 is 0. The number of hydrogen-bond donors (Lipinski definition) is 17. The first-order valence-corrected chi connectivity index (χ1v) is 33.3. The molecular weight excluding hydrogens is 1120 g/mol. The average Bonchev–Trinajstić information content (AvgIpc) is 3.65. The summed E-state index contributed by atoms with van der Waals surface area (Å²) in [6.45, 7) is 2.17. The molecule has 1 amide bonds. The molecule has 3 rings (SSSR count). The quantitative estimate of drug-likeness (QED) is 0.0306. The van der Waals surface area contributed by atoms with E-state index in [0.717, 1.165) is 64.2 Å². The van der Waals surface area contributed by atoms with Gasteiger partial charge in [0, 0.05) is 6.42 Å². The van der Waals surface area contributed by atoms with Crippen LogP contribution in [0.15, 0.2) is 0 Å². The van der Waals surface area contributed by atoms with Crippen LogP contribution in [0.25, 0.3) is 0 Å². The van der Waals surface area contributed by atoms with Gasteiger partial charge in [0.1, 0.15) is 104 Å². The SMILES string of the molecule is CCCCCCCCCCCCCCCCCC(=O)N[C@@H](COP(=O)(O)O[C@H]1C(O)C(O)C(O)[C@@H](O)C1O[C@H]1O[C@H](COP(=O)(O)OC2C(O)C(O)C(O)[C@@H](O)C2O)[C@@H](O)C(O)C1O)[C@H](O)[C@H](O)CCCCCCCCCCCCCC. The average molecular weight is 1230 g/mol. The molecule has 13 unspecified atom stereocenters. The molecule has 22 atom stereocenters. The summed E-state index contributed by atoms with van der Waals surface area (Å²) in [6.07, 6.45) is -11.8. The number of carbonyl (C=O) groups excluding carboxylic acids is 1. The second kappa shape index (κ2) is 39.8. The maximum absolute atomic E-state index is 13.8. The van der Waals surface area contributed by atoms with Gasteiger partial charge >= 0.3 is 15.6 Å². The Kier molecular flexibility index (Phi) is 36.6. The number of hydrogen-bond acceptors (Lipinski definition) is 23. The van der Waals surface area contributed by atoms with Gasteiger partial charge in [0.25, 0.3) is 0 Å². The summed E-state index contributed by atoms with van der Waals surface area (Å²) in [5.74, 6) is -0.552. The molecule has 82 heavy (non-hydrogen) atoms. The third-order valence-corrected chi connectivity index (χ3v) is 17.9. The van der Waals surface area contributed by atoms with Gasteiger partial charge in [-0.3, -0.25) is 22.9 Å². The third kappa shape index (κ3) is 26.0. The van der Waals surface area contributed by atoms with Crippen LogP contribution in [0.1, 0.15) is 200 Å². The Morgan fingerprint density at radius 3 is 1.26 bits per heavy atom. The Balaban J connectivity index is 1.66. The number of rotatable bonds is 44. The zero-order chi connectivity index (χ0) is 61.0. The number of phosphoric acid groups is 2. The number of aliphatic hydroxyl groups is 14.